The fourth-order valence-corrected chi connectivity index (χ4v) is 2.67. The van der Waals surface area contributed by atoms with Crippen LogP contribution in [0.25, 0.3) is 10.8 Å². The second-order valence-corrected chi connectivity index (χ2v) is 5.30. The Kier molecular flexibility index (Phi) is 4.26. The molecule has 3 rings (SSSR count). The lowest BCUT2D eigenvalue weighted by Crippen LogP contribution is -2.16. The quantitative estimate of drug-likeness (QED) is 0.756. The van der Waals surface area contributed by atoms with Crippen LogP contribution in [0.15, 0.2) is 55.1 Å². The lowest BCUT2D eigenvalue weighted by molar-refractivity contribution is 0.137. The van der Waals surface area contributed by atoms with Crippen molar-refractivity contribution in [2.45, 2.75) is 31.9 Å². The van der Waals surface area contributed by atoms with Gasteiger partial charge in [-0.2, -0.15) is 5.10 Å². The number of aliphatic hydroxyl groups is 1. The minimum absolute atomic E-state index is 0.373. The van der Waals surface area contributed by atoms with Gasteiger partial charge in [0.2, 0.25) is 0 Å². The van der Waals surface area contributed by atoms with Gasteiger partial charge in [-0.25, -0.2) is 4.98 Å². The minimum atomic E-state index is -0.373. The summed E-state index contributed by atoms with van der Waals surface area (Å²) in [6, 6.07) is 14.8. The van der Waals surface area contributed by atoms with E-state index in [1.165, 1.54) is 22.7 Å². The molecule has 3 aromatic rings. The van der Waals surface area contributed by atoms with Gasteiger partial charge >= 0.3 is 0 Å². The molecule has 0 radical (unpaired) electrons. The van der Waals surface area contributed by atoms with Gasteiger partial charge in [0.1, 0.15) is 12.7 Å². The van der Waals surface area contributed by atoms with E-state index in [0.29, 0.717) is 6.54 Å². The monoisotopic (exact) mass is 281 g/mol. The molecule has 0 fully saturated rings. The number of fused-ring (bicyclic) bond motifs is 1. The van der Waals surface area contributed by atoms with Crippen LogP contribution in [0.3, 0.4) is 0 Å². The number of aliphatic hydroxyl groups excluding tert-OH is 1. The van der Waals surface area contributed by atoms with Crippen molar-refractivity contribution in [2.75, 3.05) is 0 Å². The molecule has 1 unspecified atom stereocenters. The van der Waals surface area contributed by atoms with Gasteiger partial charge in [0, 0.05) is 0 Å². The van der Waals surface area contributed by atoms with Crippen LogP contribution in [0, 0.1) is 0 Å². The Morgan fingerprint density at radius 1 is 1.10 bits per heavy atom. The number of hydrogen-bond donors (Lipinski definition) is 1. The van der Waals surface area contributed by atoms with E-state index in [1.54, 1.807) is 11.0 Å². The molecule has 0 aliphatic carbocycles. The summed E-state index contributed by atoms with van der Waals surface area (Å²) in [6.45, 7) is 0.509. The maximum Gasteiger partial charge on any atom is 0.137 e. The number of benzene rings is 2. The number of rotatable bonds is 6. The average Bonchev–Trinajstić information content (AvgIpc) is 3.00. The largest absolute Gasteiger partial charge is 0.391 e. The Morgan fingerprint density at radius 3 is 2.81 bits per heavy atom. The van der Waals surface area contributed by atoms with Crippen LogP contribution in [-0.4, -0.2) is 26.0 Å². The fourth-order valence-electron chi connectivity index (χ4n) is 2.67. The zero-order valence-corrected chi connectivity index (χ0v) is 11.9. The molecule has 1 heterocycles. The number of aryl methyl sites for hydroxylation is 1. The van der Waals surface area contributed by atoms with Crippen LogP contribution in [0.4, 0.5) is 0 Å². The predicted molar refractivity (Wildman–Crippen MR) is 82.9 cm³/mol. The van der Waals surface area contributed by atoms with Crippen molar-refractivity contribution in [1.82, 2.24) is 14.8 Å². The van der Waals surface area contributed by atoms with Crippen LogP contribution in [0.5, 0.6) is 0 Å². The third kappa shape index (κ3) is 3.47. The van der Waals surface area contributed by atoms with Gasteiger partial charge < -0.3 is 5.11 Å². The molecule has 0 saturated heterocycles. The molecule has 1 atom stereocenters. The van der Waals surface area contributed by atoms with Crippen molar-refractivity contribution in [3.8, 4) is 0 Å². The van der Waals surface area contributed by atoms with E-state index < -0.39 is 0 Å². The van der Waals surface area contributed by atoms with E-state index in [0.717, 1.165) is 19.3 Å². The summed E-state index contributed by atoms with van der Waals surface area (Å²) >= 11 is 0. The van der Waals surface area contributed by atoms with Crippen molar-refractivity contribution in [3.05, 3.63) is 60.7 Å². The van der Waals surface area contributed by atoms with Crippen molar-refractivity contribution in [3.63, 3.8) is 0 Å². The zero-order chi connectivity index (χ0) is 14.5. The van der Waals surface area contributed by atoms with Crippen molar-refractivity contribution >= 4 is 10.8 Å². The zero-order valence-electron chi connectivity index (χ0n) is 11.9. The summed E-state index contributed by atoms with van der Waals surface area (Å²) < 4.78 is 1.67. The molecule has 2 aromatic carbocycles. The second-order valence-electron chi connectivity index (χ2n) is 5.30. The summed E-state index contributed by atoms with van der Waals surface area (Å²) in [5, 5.41) is 16.6. The predicted octanol–water partition coefficient (Wildman–Crippen LogP) is 2.82. The van der Waals surface area contributed by atoms with Gasteiger partial charge in [0.15, 0.2) is 0 Å². The average molecular weight is 281 g/mol. The molecule has 0 amide bonds. The fraction of sp³-hybridized carbons (Fsp3) is 0.294. The summed E-state index contributed by atoms with van der Waals surface area (Å²) in [5.41, 5.74) is 1.35. The first-order chi connectivity index (χ1) is 10.3. The van der Waals surface area contributed by atoms with Crippen LogP contribution < -0.4 is 0 Å². The normalized spacial score (nSPS) is 12.6. The Morgan fingerprint density at radius 2 is 1.95 bits per heavy atom. The Labute approximate surface area is 124 Å². The first-order valence-electron chi connectivity index (χ1n) is 7.30. The standard InChI is InChI=1S/C17H19N3O/c21-16(11-20-13-18-12-19-20)9-4-8-15-7-3-6-14-5-1-2-10-17(14)15/h1-3,5-7,10,12-13,16,21H,4,8-9,11H2. The van der Waals surface area contributed by atoms with E-state index in [-0.39, 0.29) is 6.10 Å². The smallest absolute Gasteiger partial charge is 0.137 e. The molecular formula is C17H19N3O. The maximum absolute atomic E-state index is 10.0. The molecule has 108 valence electrons. The summed E-state index contributed by atoms with van der Waals surface area (Å²) in [4.78, 5) is 3.88. The molecule has 4 nitrogen and oxygen atoms in total. The molecule has 0 aliphatic rings. The first kappa shape index (κ1) is 13.8. The van der Waals surface area contributed by atoms with Crippen LogP contribution in [-0.2, 0) is 13.0 Å². The number of aromatic nitrogens is 3. The van der Waals surface area contributed by atoms with E-state index in [4.69, 9.17) is 0 Å². The highest BCUT2D eigenvalue weighted by Crippen LogP contribution is 2.20. The van der Waals surface area contributed by atoms with Crippen LogP contribution in [0.1, 0.15) is 18.4 Å². The third-order valence-electron chi connectivity index (χ3n) is 3.73. The molecule has 4 heteroatoms. The lowest BCUT2D eigenvalue weighted by Gasteiger charge is -2.11. The van der Waals surface area contributed by atoms with Crippen molar-refractivity contribution < 1.29 is 5.11 Å². The van der Waals surface area contributed by atoms with Gasteiger partial charge in [-0.15, -0.1) is 0 Å². The van der Waals surface area contributed by atoms with Crippen molar-refractivity contribution in [2.24, 2.45) is 0 Å². The molecular weight excluding hydrogens is 262 g/mol. The number of hydrogen-bond acceptors (Lipinski definition) is 3. The summed E-state index contributed by atoms with van der Waals surface area (Å²) in [5.74, 6) is 0. The Balaban J connectivity index is 1.57. The SMILES string of the molecule is OC(CCCc1cccc2ccccc12)Cn1cncn1. The van der Waals surface area contributed by atoms with E-state index >= 15 is 0 Å². The van der Waals surface area contributed by atoms with E-state index in [1.807, 2.05) is 0 Å². The Bertz CT molecular complexity index is 689. The molecule has 1 aromatic heterocycles. The Hall–Kier alpha value is -2.20. The molecule has 1 N–H and O–H groups in total. The van der Waals surface area contributed by atoms with Crippen LogP contribution >= 0.6 is 0 Å². The highest BCUT2D eigenvalue weighted by Gasteiger charge is 2.07. The van der Waals surface area contributed by atoms with Gasteiger partial charge in [-0.3, -0.25) is 4.68 Å². The molecule has 0 spiro atoms. The van der Waals surface area contributed by atoms with Crippen molar-refractivity contribution in [1.29, 1.82) is 0 Å². The highest BCUT2D eigenvalue weighted by atomic mass is 16.3. The molecule has 21 heavy (non-hydrogen) atoms. The summed E-state index contributed by atoms with van der Waals surface area (Å²) in [6.07, 6.45) is 5.46. The van der Waals surface area contributed by atoms with Crippen LogP contribution in [0.2, 0.25) is 0 Å². The van der Waals surface area contributed by atoms with E-state index in [2.05, 4.69) is 52.5 Å². The maximum atomic E-state index is 10.0. The second kappa shape index (κ2) is 6.50. The highest BCUT2D eigenvalue weighted by molar-refractivity contribution is 5.85. The molecule has 0 aliphatic heterocycles. The molecule has 0 bridgehead atoms. The third-order valence-corrected chi connectivity index (χ3v) is 3.73. The van der Waals surface area contributed by atoms with Gasteiger partial charge in [0.25, 0.3) is 0 Å². The summed E-state index contributed by atoms with van der Waals surface area (Å²) in [7, 11) is 0. The van der Waals surface area contributed by atoms with Gasteiger partial charge in [0.05, 0.1) is 12.6 Å². The number of nitrogens with zero attached hydrogens (tertiary/aromatic N) is 3. The minimum Gasteiger partial charge on any atom is -0.391 e. The van der Waals surface area contributed by atoms with Gasteiger partial charge in [-0.05, 0) is 35.6 Å². The topological polar surface area (TPSA) is 50.9 Å². The lowest BCUT2D eigenvalue weighted by atomic mass is 9.99. The molecule has 0 saturated carbocycles. The van der Waals surface area contributed by atoms with Gasteiger partial charge in [-0.1, -0.05) is 42.5 Å². The first-order valence-corrected chi connectivity index (χ1v) is 7.30. The van der Waals surface area contributed by atoms with E-state index in [9.17, 15) is 5.11 Å².